The largest absolute Gasteiger partial charge is 0.438 e. The second kappa shape index (κ2) is 6.76. The van der Waals surface area contributed by atoms with Gasteiger partial charge >= 0.3 is 0 Å². The minimum atomic E-state index is 0.103. The van der Waals surface area contributed by atoms with Gasteiger partial charge in [-0.3, -0.25) is 4.79 Å². The molecule has 0 radical (unpaired) electrons. The molecule has 0 bridgehead atoms. The lowest BCUT2D eigenvalue weighted by molar-refractivity contribution is -0.122. The van der Waals surface area contributed by atoms with Crippen molar-refractivity contribution in [3.05, 3.63) is 60.9 Å². The molecule has 0 saturated heterocycles. The fourth-order valence-electron chi connectivity index (χ4n) is 2.63. The van der Waals surface area contributed by atoms with Crippen LogP contribution in [0.15, 0.2) is 60.9 Å². The predicted molar refractivity (Wildman–Crippen MR) is 93.8 cm³/mol. The molecule has 3 aromatic rings. The fraction of sp³-hybridized carbons (Fsp3) is 0.211. The summed E-state index contributed by atoms with van der Waals surface area (Å²) in [6.45, 7) is 0. The SMILES string of the molecule is O=C(Nc1ccc(Oc2ccc(-n3cccc3)nn2)cc1)C1CCC1. The molecule has 1 amide bonds. The molecule has 1 saturated carbocycles. The van der Waals surface area contributed by atoms with Crippen LogP contribution >= 0.6 is 0 Å². The van der Waals surface area contributed by atoms with Gasteiger partial charge in [-0.25, -0.2) is 0 Å². The minimum Gasteiger partial charge on any atom is -0.438 e. The first-order valence-corrected chi connectivity index (χ1v) is 8.34. The molecule has 6 heteroatoms. The molecule has 126 valence electrons. The summed E-state index contributed by atoms with van der Waals surface area (Å²) in [4.78, 5) is 11.9. The molecule has 1 aliphatic rings. The fourth-order valence-corrected chi connectivity index (χ4v) is 2.63. The van der Waals surface area contributed by atoms with Gasteiger partial charge in [0.1, 0.15) is 5.75 Å². The number of nitrogens with one attached hydrogen (secondary N) is 1. The van der Waals surface area contributed by atoms with Crippen LogP contribution in [0, 0.1) is 5.92 Å². The van der Waals surface area contributed by atoms with Crippen LogP contribution in [0.3, 0.4) is 0 Å². The van der Waals surface area contributed by atoms with Crippen LogP contribution in [0.1, 0.15) is 19.3 Å². The normalized spacial score (nSPS) is 13.9. The molecule has 0 atom stereocenters. The lowest BCUT2D eigenvalue weighted by atomic mass is 9.85. The number of carbonyl (C=O) groups excluding carboxylic acids is 1. The Hall–Kier alpha value is -3.15. The van der Waals surface area contributed by atoms with Gasteiger partial charge < -0.3 is 14.6 Å². The third-order valence-corrected chi connectivity index (χ3v) is 4.32. The quantitative estimate of drug-likeness (QED) is 0.770. The van der Waals surface area contributed by atoms with Gasteiger partial charge in [0.25, 0.3) is 0 Å². The number of nitrogens with zero attached hydrogens (tertiary/aromatic N) is 3. The van der Waals surface area contributed by atoms with E-state index in [0.717, 1.165) is 30.8 Å². The van der Waals surface area contributed by atoms with Crippen LogP contribution < -0.4 is 10.1 Å². The molecular formula is C19H18N4O2. The van der Waals surface area contributed by atoms with Crippen molar-refractivity contribution in [3.8, 4) is 17.4 Å². The second-order valence-corrected chi connectivity index (χ2v) is 6.06. The minimum absolute atomic E-state index is 0.103. The van der Waals surface area contributed by atoms with Crippen LogP contribution in [0.4, 0.5) is 5.69 Å². The maximum absolute atomic E-state index is 11.9. The van der Waals surface area contributed by atoms with Crippen molar-refractivity contribution in [2.75, 3.05) is 5.32 Å². The van der Waals surface area contributed by atoms with E-state index >= 15 is 0 Å². The summed E-state index contributed by atoms with van der Waals surface area (Å²) in [6.07, 6.45) is 6.94. The topological polar surface area (TPSA) is 69.0 Å². The highest BCUT2D eigenvalue weighted by molar-refractivity contribution is 5.93. The van der Waals surface area contributed by atoms with Crippen LogP contribution in [-0.2, 0) is 4.79 Å². The maximum atomic E-state index is 11.9. The van der Waals surface area contributed by atoms with Crippen molar-refractivity contribution in [2.24, 2.45) is 5.92 Å². The second-order valence-electron chi connectivity index (χ2n) is 6.06. The number of ether oxygens (including phenoxy) is 1. The first kappa shape index (κ1) is 15.4. The van der Waals surface area contributed by atoms with Gasteiger partial charge in [-0.1, -0.05) is 6.42 Å². The highest BCUT2D eigenvalue weighted by Gasteiger charge is 2.25. The van der Waals surface area contributed by atoms with Gasteiger partial charge in [0, 0.05) is 30.1 Å². The van der Waals surface area contributed by atoms with Crippen molar-refractivity contribution < 1.29 is 9.53 Å². The molecule has 2 aromatic heterocycles. The standard InChI is InChI=1S/C19H18N4O2/c24-19(14-4-3-5-14)20-15-6-8-16(9-7-15)25-18-11-10-17(21-22-18)23-12-1-2-13-23/h1-2,6-14H,3-5H2,(H,20,24). The molecule has 0 unspecified atom stereocenters. The van der Waals surface area contributed by atoms with Crippen LogP contribution in [0.25, 0.3) is 5.82 Å². The number of rotatable bonds is 5. The molecule has 6 nitrogen and oxygen atoms in total. The Morgan fingerprint density at radius 2 is 1.80 bits per heavy atom. The number of hydrogen-bond acceptors (Lipinski definition) is 4. The van der Waals surface area contributed by atoms with E-state index in [1.807, 2.05) is 47.3 Å². The summed E-state index contributed by atoms with van der Waals surface area (Å²) in [5.74, 6) is 2.06. The Labute approximate surface area is 145 Å². The van der Waals surface area contributed by atoms with Crippen LogP contribution in [0.2, 0.25) is 0 Å². The average molecular weight is 334 g/mol. The predicted octanol–water partition coefficient (Wildman–Crippen LogP) is 3.80. The molecule has 0 spiro atoms. The van der Waals surface area contributed by atoms with Crippen molar-refractivity contribution >= 4 is 11.6 Å². The van der Waals surface area contributed by atoms with E-state index in [-0.39, 0.29) is 11.8 Å². The van der Waals surface area contributed by atoms with Crippen molar-refractivity contribution in [3.63, 3.8) is 0 Å². The van der Waals surface area contributed by atoms with E-state index in [1.54, 1.807) is 18.2 Å². The number of aromatic nitrogens is 3. The molecule has 1 fully saturated rings. The van der Waals surface area contributed by atoms with Gasteiger partial charge in [0.05, 0.1) is 0 Å². The van der Waals surface area contributed by atoms with Gasteiger partial charge in [-0.2, -0.15) is 0 Å². The summed E-state index contributed by atoms with van der Waals surface area (Å²) in [6, 6.07) is 14.7. The number of carbonyl (C=O) groups is 1. The molecule has 1 N–H and O–H groups in total. The molecule has 2 heterocycles. The zero-order valence-corrected chi connectivity index (χ0v) is 13.6. The van der Waals surface area contributed by atoms with Gasteiger partial charge in [-0.05, 0) is 55.3 Å². The van der Waals surface area contributed by atoms with Gasteiger partial charge in [-0.15, -0.1) is 10.2 Å². The molecule has 1 aromatic carbocycles. The Morgan fingerprint density at radius 1 is 1.04 bits per heavy atom. The van der Waals surface area contributed by atoms with E-state index in [4.69, 9.17) is 4.74 Å². The monoisotopic (exact) mass is 334 g/mol. The zero-order chi connectivity index (χ0) is 17.1. The van der Waals surface area contributed by atoms with Crippen molar-refractivity contribution in [2.45, 2.75) is 19.3 Å². The maximum Gasteiger partial charge on any atom is 0.238 e. The number of hydrogen-bond donors (Lipinski definition) is 1. The molecular weight excluding hydrogens is 316 g/mol. The molecule has 4 rings (SSSR count). The Balaban J connectivity index is 1.38. The van der Waals surface area contributed by atoms with Crippen molar-refractivity contribution in [1.29, 1.82) is 0 Å². The van der Waals surface area contributed by atoms with E-state index in [9.17, 15) is 4.79 Å². The third-order valence-electron chi connectivity index (χ3n) is 4.32. The highest BCUT2D eigenvalue weighted by atomic mass is 16.5. The first-order chi connectivity index (χ1) is 12.3. The third kappa shape index (κ3) is 3.52. The Kier molecular flexibility index (Phi) is 4.16. The van der Waals surface area contributed by atoms with E-state index < -0.39 is 0 Å². The Bertz CT molecular complexity index is 838. The summed E-state index contributed by atoms with van der Waals surface area (Å²) in [7, 11) is 0. The van der Waals surface area contributed by atoms with Crippen LogP contribution in [-0.4, -0.2) is 20.7 Å². The lowest BCUT2D eigenvalue weighted by Gasteiger charge is -2.24. The molecule has 25 heavy (non-hydrogen) atoms. The average Bonchev–Trinajstić information content (AvgIpc) is 3.10. The Morgan fingerprint density at radius 3 is 2.40 bits per heavy atom. The summed E-state index contributed by atoms with van der Waals surface area (Å²) in [5, 5.41) is 11.2. The zero-order valence-electron chi connectivity index (χ0n) is 13.6. The number of anilines is 1. The molecule has 1 aliphatic carbocycles. The lowest BCUT2D eigenvalue weighted by Crippen LogP contribution is -2.27. The smallest absolute Gasteiger partial charge is 0.238 e. The van der Waals surface area contributed by atoms with Gasteiger partial charge in [0.15, 0.2) is 5.82 Å². The van der Waals surface area contributed by atoms with Gasteiger partial charge in [0.2, 0.25) is 11.8 Å². The number of benzene rings is 1. The first-order valence-electron chi connectivity index (χ1n) is 8.34. The van der Waals surface area contributed by atoms with E-state index in [0.29, 0.717) is 11.6 Å². The highest BCUT2D eigenvalue weighted by Crippen LogP contribution is 2.28. The van der Waals surface area contributed by atoms with Crippen molar-refractivity contribution in [1.82, 2.24) is 14.8 Å². The number of amides is 1. The van der Waals surface area contributed by atoms with Crippen LogP contribution in [0.5, 0.6) is 11.6 Å². The summed E-state index contributed by atoms with van der Waals surface area (Å²) in [5.41, 5.74) is 0.776. The molecule has 0 aliphatic heterocycles. The summed E-state index contributed by atoms with van der Waals surface area (Å²) >= 11 is 0. The summed E-state index contributed by atoms with van der Waals surface area (Å²) < 4.78 is 7.57. The van der Waals surface area contributed by atoms with E-state index in [2.05, 4.69) is 15.5 Å². The van der Waals surface area contributed by atoms with E-state index in [1.165, 1.54) is 0 Å².